The number of nitrogens with one attached hydrogen (secondary N) is 2. The second-order valence-corrected chi connectivity index (χ2v) is 3.12. The molecule has 0 aliphatic rings. The minimum absolute atomic E-state index is 0.0726. The number of H-pyrrole nitrogens is 1. The smallest absolute Gasteiger partial charge is 0.287 e. The predicted molar refractivity (Wildman–Crippen MR) is 57.7 cm³/mol. The quantitative estimate of drug-likeness (QED) is 0.344. The molecule has 1 aromatic rings. The van der Waals surface area contributed by atoms with E-state index in [9.17, 15) is 14.9 Å². The summed E-state index contributed by atoms with van der Waals surface area (Å²) in [5.41, 5.74) is -0.0365. The van der Waals surface area contributed by atoms with Crippen LogP contribution in [-0.2, 0) is 4.74 Å². The molecule has 0 spiro atoms. The summed E-state index contributed by atoms with van der Waals surface area (Å²) in [6.07, 6.45) is 1.15. The number of amides is 1. The van der Waals surface area contributed by atoms with E-state index in [0.29, 0.717) is 0 Å². The number of aromatic amines is 1. The molecule has 3 N–H and O–H groups in total. The average molecular weight is 243 g/mol. The molecule has 0 fully saturated rings. The summed E-state index contributed by atoms with van der Waals surface area (Å²) >= 11 is 0. The van der Waals surface area contributed by atoms with Crippen LogP contribution in [0, 0.1) is 10.1 Å². The van der Waals surface area contributed by atoms with Gasteiger partial charge in [0.2, 0.25) is 0 Å². The lowest BCUT2D eigenvalue weighted by molar-refractivity contribution is -0.384. The first-order chi connectivity index (χ1) is 8.15. The van der Waals surface area contributed by atoms with Gasteiger partial charge in [-0.25, -0.2) is 0 Å². The monoisotopic (exact) mass is 243 g/mol. The third-order valence-electron chi connectivity index (χ3n) is 1.89. The first kappa shape index (κ1) is 13.1. The molecule has 0 saturated heterocycles. The third kappa shape index (κ3) is 4.21. The molecule has 0 aliphatic heterocycles. The second kappa shape index (κ2) is 6.61. The number of nitrogens with zero attached hydrogens (tertiary/aromatic N) is 1. The van der Waals surface area contributed by atoms with Gasteiger partial charge in [0.05, 0.1) is 30.9 Å². The first-order valence-electron chi connectivity index (χ1n) is 4.94. The maximum atomic E-state index is 11.4. The fraction of sp³-hybridized carbons (Fsp3) is 0.444. The van der Waals surface area contributed by atoms with Crippen molar-refractivity contribution in [3.05, 3.63) is 28.1 Å². The lowest BCUT2D eigenvalue weighted by Crippen LogP contribution is -2.27. The molecular formula is C9H13N3O5. The van der Waals surface area contributed by atoms with Crippen LogP contribution in [0.2, 0.25) is 0 Å². The number of hydrogen-bond donors (Lipinski definition) is 3. The summed E-state index contributed by atoms with van der Waals surface area (Å²) in [4.78, 5) is 23.7. The summed E-state index contributed by atoms with van der Waals surface area (Å²) in [5, 5.41) is 21.3. The van der Waals surface area contributed by atoms with Gasteiger partial charge in [0.25, 0.3) is 11.6 Å². The van der Waals surface area contributed by atoms with Crippen molar-refractivity contribution in [1.82, 2.24) is 10.3 Å². The zero-order chi connectivity index (χ0) is 12.7. The Morgan fingerprint density at radius 1 is 1.59 bits per heavy atom. The molecule has 0 aromatic carbocycles. The summed E-state index contributed by atoms with van der Waals surface area (Å²) in [7, 11) is 0. The average Bonchev–Trinajstić information content (AvgIpc) is 2.78. The van der Waals surface area contributed by atoms with E-state index in [4.69, 9.17) is 9.84 Å². The zero-order valence-electron chi connectivity index (χ0n) is 9.01. The summed E-state index contributed by atoms with van der Waals surface area (Å²) in [6, 6.07) is 1.16. The molecule has 0 aliphatic carbocycles. The fourth-order valence-corrected chi connectivity index (χ4v) is 1.12. The Bertz CT molecular complexity index is 390. The van der Waals surface area contributed by atoms with E-state index in [2.05, 4.69) is 10.3 Å². The van der Waals surface area contributed by atoms with Gasteiger partial charge in [0.1, 0.15) is 5.69 Å². The molecule has 0 unspecified atom stereocenters. The number of nitro groups is 1. The number of ether oxygens (including phenoxy) is 1. The van der Waals surface area contributed by atoms with Crippen LogP contribution in [0.3, 0.4) is 0 Å². The van der Waals surface area contributed by atoms with Crippen molar-refractivity contribution >= 4 is 11.6 Å². The van der Waals surface area contributed by atoms with Crippen LogP contribution < -0.4 is 5.32 Å². The van der Waals surface area contributed by atoms with E-state index in [1.165, 1.54) is 0 Å². The number of aromatic nitrogens is 1. The highest BCUT2D eigenvalue weighted by Crippen LogP contribution is 2.11. The molecule has 17 heavy (non-hydrogen) atoms. The van der Waals surface area contributed by atoms with Crippen molar-refractivity contribution in [2.75, 3.05) is 26.4 Å². The minimum atomic E-state index is -0.586. The summed E-state index contributed by atoms with van der Waals surface area (Å²) < 4.78 is 4.93. The van der Waals surface area contributed by atoms with Crippen LogP contribution in [0.25, 0.3) is 0 Å². The Hall–Kier alpha value is -1.93. The standard InChI is InChI=1S/C9H13N3O5/c13-2-4-17-3-1-10-9(14)8-5-7(6-11-8)12(15)16/h5-6,11,13H,1-4H2,(H,10,14). The lowest BCUT2D eigenvalue weighted by Gasteiger charge is -2.03. The number of hydrogen-bond acceptors (Lipinski definition) is 5. The molecule has 0 radical (unpaired) electrons. The van der Waals surface area contributed by atoms with E-state index in [-0.39, 0.29) is 37.7 Å². The SMILES string of the molecule is O=C(NCCOCCO)c1cc([N+](=O)[O-])c[nH]1. The van der Waals surface area contributed by atoms with Crippen molar-refractivity contribution < 1.29 is 19.6 Å². The summed E-state index contributed by atoms with van der Waals surface area (Å²) in [6.45, 7) is 0.682. The van der Waals surface area contributed by atoms with E-state index in [0.717, 1.165) is 12.3 Å². The van der Waals surface area contributed by atoms with Gasteiger partial charge >= 0.3 is 0 Å². The fourth-order valence-electron chi connectivity index (χ4n) is 1.12. The van der Waals surface area contributed by atoms with Gasteiger partial charge < -0.3 is 20.1 Å². The highest BCUT2D eigenvalue weighted by atomic mass is 16.6. The van der Waals surface area contributed by atoms with Crippen LogP contribution in [0.5, 0.6) is 0 Å². The molecule has 0 atom stereocenters. The highest BCUT2D eigenvalue weighted by Gasteiger charge is 2.13. The molecule has 1 amide bonds. The van der Waals surface area contributed by atoms with Crippen LogP contribution >= 0.6 is 0 Å². The van der Waals surface area contributed by atoms with Crippen molar-refractivity contribution in [3.63, 3.8) is 0 Å². The molecule has 94 valence electrons. The number of aliphatic hydroxyl groups is 1. The Balaban J connectivity index is 2.34. The van der Waals surface area contributed by atoms with Gasteiger partial charge in [0, 0.05) is 12.6 Å². The van der Waals surface area contributed by atoms with Gasteiger partial charge in [0.15, 0.2) is 0 Å². The van der Waals surface area contributed by atoms with E-state index in [1.54, 1.807) is 0 Å². The topological polar surface area (TPSA) is 117 Å². The van der Waals surface area contributed by atoms with Crippen molar-refractivity contribution in [2.45, 2.75) is 0 Å². The largest absolute Gasteiger partial charge is 0.394 e. The molecule has 0 bridgehead atoms. The van der Waals surface area contributed by atoms with E-state index in [1.807, 2.05) is 0 Å². The van der Waals surface area contributed by atoms with Gasteiger partial charge in [-0.2, -0.15) is 0 Å². The first-order valence-corrected chi connectivity index (χ1v) is 4.94. The lowest BCUT2D eigenvalue weighted by atomic mass is 10.4. The molecule has 1 aromatic heterocycles. The van der Waals surface area contributed by atoms with Crippen LogP contribution in [0.4, 0.5) is 5.69 Å². The predicted octanol–water partition coefficient (Wildman–Crippen LogP) is -0.338. The van der Waals surface area contributed by atoms with Crippen molar-refractivity contribution in [1.29, 1.82) is 0 Å². The Morgan fingerprint density at radius 2 is 2.35 bits per heavy atom. The van der Waals surface area contributed by atoms with Crippen LogP contribution in [0.15, 0.2) is 12.3 Å². The molecule has 1 rings (SSSR count). The maximum Gasteiger partial charge on any atom is 0.287 e. The minimum Gasteiger partial charge on any atom is -0.394 e. The Labute approximate surface area is 96.7 Å². The normalized spacial score (nSPS) is 10.2. The summed E-state index contributed by atoms with van der Waals surface area (Å²) in [5.74, 6) is -0.439. The maximum absolute atomic E-state index is 11.4. The number of carbonyl (C=O) groups is 1. The zero-order valence-corrected chi connectivity index (χ0v) is 9.01. The van der Waals surface area contributed by atoms with Gasteiger partial charge in [-0.1, -0.05) is 0 Å². The van der Waals surface area contributed by atoms with E-state index < -0.39 is 10.8 Å². The van der Waals surface area contributed by atoms with Crippen LogP contribution in [0.1, 0.15) is 10.5 Å². The second-order valence-electron chi connectivity index (χ2n) is 3.12. The number of rotatable bonds is 7. The van der Waals surface area contributed by atoms with Gasteiger partial charge in [-0.3, -0.25) is 14.9 Å². The highest BCUT2D eigenvalue weighted by molar-refractivity contribution is 5.93. The Kier molecular flexibility index (Phi) is 5.11. The number of carbonyl (C=O) groups excluding carboxylic acids is 1. The Morgan fingerprint density at radius 3 is 2.94 bits per heavy atom. The molecule has 0 saturated carbocycles. The molecular weight excluding hydrogens is 230 g/mol. The van der Waals surface area contributed by atoms with Crippen molar-refractivity contribution in [2.24, 2.45) is 0 Å². The van der Waals surface area contributed by atoms with Gasteiger partial charge in [-0.05, 0) is 0 Å². The molecule has 8 nitrogen and oxygen atoms in total. The van der Waals surface area contributed by atoms with Crippen molar-refractivity contribution in [3.8, 4) is 0 Å². The van der Waals surface area contributed by atoms with E-state index >= 15 is 0 Å². The van der Waals surface area contributed by atoms with Gasteiger partial charge in [-0.15, -0.1) is 0 Å². The molecule has 1 heterocycles. The number of aliphatic hydroxyl groups excluding tert-OH is 1. The molecule has 8 heteroatoms. The van der Waals surface area contributed by atoms with Crippen LogP contribution in [-0.4, -0.2) is 47.3 Å². The third-order valence-corrected chi connectivity index (χ3v) is 1.89.